The Labute approximate surface area is 198 Å². The summed E-state index contributed by atoms with van der Waals surface area (Å²) in [6.45, 7) is 4.00. The van der Waals surface area contributed by atoms with Gasteiger partial charge >= 0.3 is 5.97 Å². The van der Waals surface area contributed by atoms with Crippen LogP contribution < -0.4 is 10.1 Å². The Kier molecular flexibility index (Phi) is 7.39. The molecular weight excluding hydrogens is 438 g/mol. The Hall–Kier alpha value is -3.50. The van der Waals surface area contributed by atoms with E-state index in [0.717, 1.165) is 44.2 Å². The van der Waals surface area contributed by atoms with E-state index in [1.54, 1.807) is 11.7 Å². The van der Waals surface area contributed by atoms with Gasteiger partial charge in [0.1, 0.15) is 5.75 Å². The van der Waals surface area contributed by atoms with Crippen molar-refractivity contribution in [3.8, 4) is 17.1 Å². The average Bonchev–Trinajstić information content (AvgIpc) is 3.45. The summed E-state index contributed by atoms with van der Waals surface area (Å²) in [5, 5.41) is 15.5. The molecule has 0 spiro atoms. The zero-order chi connectivity index (χ0) is 24.1. The van der Waals surface area contributed by atoms with Crippen molar-refractivity contribution in [2.75, 3.05) is 12.4 Å². The fourth-order valence-corrected chi connectivity index (χ4v) is 4.13. The van der Waals surface area contributed by atoms with E-state index in [0.29, 0.717) is 41.2 Å². The molecule has 11 heteroatoms. The van der Waals surface area contributed by atoms with Crippen LogP contribution in [-0.2, 0) is 23.0 Å². The second-order valence-corrected chi connectivity index (χ2v) is 8.56. The molecule has 0 bridgehead atoms. The molecule has 0 aromatic carbocycles. The van der Waals surface area contributed by atoms with Gasteiger partial charge in [0, 0.05) is 13.5 Å². The molecule has 0 aliphatic heterocycles. The van der Waals surface area contributed by atoms with E-state index >= 15 is 0 Å². The summed E-state index contributed by atoms with van der Waals surface area (Å²) in [6, 6.07) is 3.73. The van der Waals surface area contributed by atoms with Gasteiger partial charge < -0.3 is 19.3 Å². The van der Waals surface area contributed by atoms with Crippen molar-refractivity contribution in [3.63, 3.8) is 0 Å². The minimum Gasteiger partial charge on any atom is -0.489 e. The number of carbonyl (C=O) groups is 1. The number of hydrogen-bond acceptors (Lipinski definition) is 10. The summed E-state index contributed by atoms with van der Waals surface area (Å²) in [6.07, 6.45) is 6.06. The highest BCUT2D eigenvalue weighted by Gasteiger charge is 2.29. The van der Waals surface area contributed by atoms with Crippen molar-refractivity contribution in [3.05, 3.63) is 23.7 Å². The first-order chi connectivity index (χ1) is 16.5. The summed E-state index contributed by atoms with van der Waals surface area (Å²) in [4.78, 5) is 21.0. The zero-order valence-electron chi connectivity index (χ0n) is 20.1. The molecule has 0 radical (unpaired) electrons. The number of methoxy groups -OCH3 is 1. The molecule has 1 N–H and O–H groups in total. The molecule has 1 aliphatic carbocycles. The van der Waals surface area contributed by atoms with Gasteiger partial charge in [-0.2, -0.15) is 4.98 Å². The maximum absolute atomic E-state index is 11.9. The van der Waals surface area contributed by atoms with Crippen LogP contribution in [-0.4, -0.2) is 49.3 Å². The molecule has 1 aliphatic rings. The number of pyridine rings is 1. The topological polar surface area (TPSA) is 130 Å². The molecule has 0 unspecified atom stereocenters. The number of nitrogens with zero attached hydrogens (tertiary/aromatic N) is 6. The number of anilines is 2. The van der Waals surface area contributed by atoms with Crippen molar-refractivity contribution in [2.45, 2.75) is 64.9 Å². The van der Waals surface area contributed by atoms with Gasteiger partial charge in [-0.05, 0) is 56.3 Å². The number of ether oxygens (including phenoxy) is 2. The van der Waals surface area contributed by atoms with Crippen molar-refractivity contribution in [2.24, 2.45) is 13.0 Å². The molecule has 182 valence electrons. The summed E-state index contributed by atoms with van der Waals surface area (Å²) >= 11 is 0. The van der Waals surface area contributed by atoms with E-state index in [-0.39, 0.29) is 18.0 Å². The van der Waals surface area contributed by atoms with Crippen molar-refractivity contribution >= 4 is 17.7 Å². The highest BCUT2D eigenvalue weighted by atomic mass is 16.5. The minimum atomic E-state index is -0.166. The standard InChI is InChI=1S/C23H31N7O4/c1-5-6-10-19-25-23(28-34-19)26-21-20(27-29-30(21)3)17-11-12-18(14(2)24-17)33-16-9-7-8-15(13-16)22(31)32-4/h11-12,15-16H,5-10,13H2,1-4H3,(H,26,28)/t15-,16-/m0/s1. The fraction of sp³-hybridized carbons (Fsp3) is 0.565. The molecule has 3 aromatic heterocycles. The lowest BCUT2D eigenvalue weighted by Gasteiger charge is -2.28. The lowest BCUT2D eigenvalue weighted by atomic mass is 9.87. The number of aromatic nitrogens is 6. The first-order valence-corrected chi connectivity index (χ1v) is 11.7. The third kappa shape index (κ3) is 5.35. The number of esters is 1. The highest BCUT2D eigenvalue weighted by Crippen LogP contribution is 2.32. The number of nitrogens with one attached hydrogen (secondary N) is 1. The molecule has 1 fully saturated rings. The van der Waals surface area contributed by atoms with Gasteiger partial charge in [-0.25, -0.2) is 9.67 Å². The maximum Gasteiger partial charge on any atom is 0.308 e. The van der Waals surface area contributed by atoms with Crippen LogP contribution >= 0.6 is 0 Å². The quantitative estimate of drug-likeness (QED) is 0.462. The van der Waals surface area contributed by atoms with Crippen LogP contribution in [0.5, 0.6) is 5.75 Å². The first-order valence-electron chi connectivity index (χ1n) is 11.7. The molecule has 1 saturated carbocycles. The van der Waals surface area contributed by atoms with E-state index in [4.69, 9.17) is 19.0 Å². The Morgan fingerprint density at radius 2 is 2.15 bits per heavy atom. The van der Waals surface area contributed by atoms with Crippen LogP contribution in [0.3, 0.4) is 0 Å². The Morgan fingerprint density at radius 1 is 1.29 bits per heavy atom. The number of aryl methyl sites for hydroxylation is 3. The number of carbonyl (C=O) groups excluding carboxylic acids is 1. The lowest BCUT2D eigenvalue weighted by Crippen LogP contribution is -2.30. The molecule has 2 atom stereocenters. The molecule has 4 rings (SSSR count). The van der Waals surface area contributed by atoms with Crippen LogP contribution in [0.2, 0.25) is 0 Å². The lowest BCUT2D eigenvalue weighted by molar-refractivity contribution is -0.147. The van der Waals surface area contributed by atoms with Gasteiger partial charge in [0.15, 0.2) is 11.5 Å². The van der Waals surface area contributed by atoms with E-state index in [1.807, 2.05) is 19.1 Å². The first kappa shape index (κ1) is 23.7. The van der Waals surface area contributed by atoms with E-state index in [1.165, 1.54) is 7.11 Å². The molecular formula is C23H31N7O4. The summed E-state index contributed by atoms with van der Waals surface area (Å²) in [5.74, 6) is 1.96. The molecule has 11 nitrogen and oxygen atoms in total. The fourth-order valence-electron chi connectivity index (χ4n) is 4.13. The molecule has 3 heterocycles. The van der Waals surface area contributed by atoms with E-state index < -0.39 is 0 Å². The van der Waals surface area contributed by atoms with Crippen LogP contribution in [0.4, 0.5) is 11.8 Å². The SMILES string of the molecule is CCCCc1nc(Nc2c(-c3ccc(O[C@H]4CCC[C@H](C(=O)OC)C4)c(C)n3)nnn2C)no1. The monoisotopic (exact) mass is 469 g/mol. The number of unbranched alkanes of at least 4 members (excludes halogenated alkanes) is 1. The number of hydrogen-bond donors (Lipinski definition) is 1. The third-order valence-electron chi connectivity index (χ3n) is 6.00. The summed E-state index contributed by atoms with van der Waals surface area (Å²) < 4.78 is 18.0. The van der Waals surface area contributed by atoms with Gasteiger partial charge in [-0.1, -0.05) is 18.6 Å². The van der Waals surface area contributed by atoms with Gasteiger partial charge in [0.05, 0.1) is 30.5 Å². The Bertz CT molecular complexity index is 1130. The van der Waals surface area contributed by atoms with Crippen LogP contribution in [0.1, 0.15) is 57.0 Å². The van der Waals surface area contributed by atoms with Crippen molar-refractivity contribution in [1.82, 2.24) is 30.1 Å². The Morgan fingerprint density at radius 3 is 2.91 bits per heavy atom. The van der Waals surface area contributed by atoms with Gasteiger partial charge in [-0.3, -0.25) is 4.79 Å². The summed E-state index contributed by atoms with van der Waals surface area (Å²) in [5.41, 5.74) is 1.95. The zero-order valence-corrected chi connectivity index (χ0v) is 20.1. The Balaban J connectivity index is 1.48. The molecule has 34 heavy (non-hydrogen) atoms. The normalized spacial score (nSPS) is 18.0. The van der Waals surface area contributed by atoms with Gasteiger partial charge in [0.2, 0.25) is 5.89 Å². The largest absolute Gasteiger partial charge is 0.489 e. The predicted molar refractivity (Wildman–Crippen MR) is 124 cm³/mol. The molecule has 3 aromatic rings. The second kappa shape index (κ2) is 10.6. The van der Waals surface area contributed by atoms with Crippen molar-refractivity contribution < 1.29 is 18.8 Å². The predicted octanol–water partition coefficient (Wildman–Crippen LogP) is 3.77. The van der Waals surface area contributed by atoms with Gasteiger partial charge in [-0.15, -0.1) is 5.10 Å². The van der Waals surface area contributed by atoms with Crippen LogP contribution in [0.25, 0.3) is 11.4 Å². The molecule has 0 amide bonds. The van der Waals surface area contributed by atoms with Crippen LogP contribution in [0.15, 0.2) is 16.7 Å². The highest BCUT2D eigenvalue weighted by molar-refractivity contribution is 5.72. The van der Waals surface area contributed by atoms with Crippen molar-refractivity contribution in [1.29, 1.82) is 0 Å². The van der Waals surface area contributed by atoms with E-state index in [2.05, 4.69) is 32.7 Å². The maximum atomic E-state index is 11.9. The second-order valence-electron chi connectivity index (χ2n) is 8.56. The smallest absolute Gasteiger partial charge is 0.308 e. The van der Waals surface area contributed by atoms with Gasteiger partial charge in [0.25, 0.3) is 5.95 Å². The summed E-state index contributed by atoms with van der Waals surface area (Å²) in [7, 11) is 3.21. The van der Waals surface area contributed by atoms with Crippen LogP contribution in [0, 0.1) is 12.8 Å². The number of rotatable bonds is 9. The van der Waals surface area contributed by atoms with E-state index in [9.17, 15) is 4.79 Å². The average molecular weight is 470 g/mol. The minimum absolute atomic E-state index is 0.0434. The molecule has 0 saturated heterocycles. The third-order valence-corrected chi connectivity index (χ3v) is 6.00.